The van der Waals surface area contributed by atoms with Gasteiger partial charge < -0.3 is 9.47 Å². The maximum absolute atomic E-state index is 12.4. The van der Waals surface area contributed by atoms with Crippen molar-refractivity contribution in [3.05, 3.63) is 35.4 Å². The topological polar surface area (TPSA) is 33.8 Å². The molecule has 1 aliphatic rings. The largest absolute Gasteiger partial charge is 0.416 e. The molecule has 6 heteroatoms. The van der Waals surface area contributed by atoms with Crippen LogP contribution in [0.1, 0.15) is 24.0 Å². The second kappa shape index (κ2) is 6.56. The van der Waals surface area contributed by atoms with Gasteiger partial charge in [-0.1, -0.05) is 12.1 Å². The molecule has 1 aliphatic heterocycles. The lowest BCUT2D eigenvalue weighted by Crippen LogP contribution is -2.19. The first-order valence-corrected chi connectivity index (χ1v) is 6.54. The van der Waals surface area contributed by atoms with E-state index in [0.29, 0.717) is 13.2 Å². The van der Waals surface area contributed by atoms with Crippen LogP contribution in [0.2, 0.25) is 0 Å². The van der Waals surface area contributed by atoms with Crippen molar-refractivity contribution in [2.24, 2.45) is 0 Å². The SMILES string of the molecule is COCCCC1OC1NCc1ccc(C(F)(F)F)cc1. The minimum Gasteiger partial charge on any atom is -0.385 e. The van der Waals surface area contributed by atoms with Crippen LogP contribution in [0.5, 0.6) is 0 Å². The minimum atomic E-state index is -4.28. The van der Waals surface area contributed by atoms with E-state index in [0.717, 1.165) is 30.5 Å². The number of hydrogen-bond acceptors (Lipinski definition) is 3. The Kier molecular flexibility index (Phi) is 5.01. The van der Waals surface area contributed by atoms with Gasteiger partial charge in [0.25, 0.3) is 0 Å². The molecule has 0 saturated carbocycles. The van der Waals surface area contributed by atoms with E-state index in [9.17, 15) is 13.2 Å². The maximum Gasteiger partial charge on any atom is 0.416 e. The fourth-order valence-electron chi connectivity index (χ4n) is 2.00. The lowest BCUT2D eigenvalue weighted by Gasteiger charge is -2.07. The highest BCUT2D eigenvalue weighted by molar-refractivity contribution is 5.24. The zero-order valence-corrected chi connectivity index (χ0v) is 11.2. The molecule has 1 saturated heterocycles. The molecule has 20 heavy (non-hydrogen) atoms. The van der Waals surface area contributed by atoms with Gasteiger partial charge in [-0.05, 0) is 30.5 Å². The third-order valence-electron chi connectivity index (χ3n) is 3.21. The number of benzene rings is 1. The van der Waals surface area contributed by atoms with E-state index in [1.165, 1.54) is 12.1 Å². The Morgan fingerprint density at radius 3 is 2.55 bits per heavy atom. The smallest absolute Gasteiger partial charge is 0.385 e. The normalized spacial score (nSPS) is 22.0. The summed E-state index contributed by atoms with van der Waals surface area (Å²) in [5.41, 5.74) is 0.186. The highest BCUT2D eigenvalue weighted by Crippen LogP contribution is 2.29. The van der Waals surface area contributed by atoms with Crippen LogP contribution < -0.4 is 5.32 Å². The summed E-state index contributed by atoms with van der Waals surface area (Å²) in [4.78, 5) is 0. The Morgan fingerprint density at radius 2 is 1.95 bits per heavy atom. The molecule has 1 aromatic rings. The summed E-state index contributed by atoms with van der Waals surface area (Å²) >= 11 is 0. The molecule has 1 heterocycles. The van der Waals surface area contributed by atoms with Gasteiger partial charge in [-0.2, -0.15) is 13.2 Å². The second-order valence-electron chi connectivity index (χ2n) is 4.81. The highest BCUT2D eigenvalue weighted by atomic mass is 19.4. The van der Waals surface area contributed by atoms with Crippen LogP contribution in [0.4, 0.5) is 13.2 Å². The molecule has 0 aromatic heterocycles. The Labute approximate surface area is 116 Å². The van der Waals surface area contributed by atoms with Gasteiger partial charge in [-0.3, -0.25) is 5.32 Å². The number of ether oxygens (including phenoxy) is 2. The average Bonchev–Trinajstić information content (AvgIpc) is 3.15. The van der Waals surface area contributed by atoms with E-state index in [4.69, 9.17) is 9.47 Å². The van der Waals surface area contributed by atoms with Crippen LogP contribution in [0.3, 0.4) is 0 Å². The number of hydrogen-bond donors (Lipinski definition) is 1. The van der Waals surface area contributed by atoms with Crippen molar-refractivity contribution in [2.75, 3.05) is 13.7 Å². The number of epoxide rings is 1. The van der Waals surface area contributed by atoms with Crippen molar-refractivity contribution in [2.45, 2.75) is 37.9 Å². The lowest BCUT2D eigenvalue weighted by atomic mass is 10.1. The first-order valence-electron chi connectivity index (χ1n) is 6.54. The molecular formula is C14H18F3NO2. The van der Waals surface area contributed by atoms with E-state index < -0.39 is 11.7 Å². The number of nitrogens with one attached hydrogen (secondary N) is 1. The van der Waals surface area contributed by atoms with Gasteiger partial charge in [0.15, 0.2) is 0 Å². The van der Waals surface area contributed by atoms with Crippen molar-refractivity contribution in [3.8, 4) is 0 Å². The average molecular weight is 289 g/mol. The highest BCUT2D eigenvalue weighted by Gasteiger charge is 2.37. The Balaban J connectivity index is 1.70. The van der Waals surface area contributed by atoms with Crippen LogP contribution in [0, 0.1) is 0 Å². The van der Waals surface area contributed by atoms with E-state index in [-0.39, 0.29) is 12.3 Å². The molecule has 0 amide bonds. The monoisotopic (exact) mass is 289 g/mol. The molecule has 112 valence electrons. The summed E-state index contributed by atoms with van der Waals surface area (Å²) in [5.74, 6) is 0. The Morgan fingerprint density at radius 1 is 1.25 bits per heavy atom. The molecule has 0 bridgehead atoms. The molecule has 0 aliphatic carbocycles. The van der Waals surface area contributed by atoms with Crippen LogP contribution in [-0.2, 0) is 22.2 Å². The van der Waals surface area contributed by atoms with Crippen molar-refractivity contribution < 1.29 is 22.6 Å². The predicted molar refractivity (Wildman–Crippen MR) is 68.1 cm³/mol. The fourth-order valence-corrected chi connectivity index (χ4v) is 2.00. The van der Waals surface area contributed by atoms with Crippen LogP contribution in [0.15, 0.2) is 24.3 Å². The third-order valence-corrected chi connectivity index (χ3v) is 3.21. The van der Waals surface area contributed by atoms with Crippen LogP contribution in [0.25, 0.3) is 0 Å². The maximum atomic E-state index is 12.4. The molecule has 1 fully saturated rings. The van der Waals surface area contributed by atoms with Gasteiger partial charge in [0.2, 0.25) is 0 Å². The second-order valence-corrected chi connectivity index (χ2v) is 4.81. The minimum absolute atomic E-state index is 0.00847. The van der Waals surface area contributed by atoms with Gasteiger partial charge in [-0.25, -0.2) is 0 Å². The quantitative estimate of drug-likeness (QED) is 0.619. The molecule has 2 rings (SSSR count). The summed E-state index contributed by atoms with van der Waals surface area (Å²) < 4.78 is 47.6. The zero-order chi connectivity index (χ0) is 14.6. The number of halogens is 3. The predicted octanol–water partition coefficient (Wildman–Crippen LogP) is 2.95. The number of methoxy groups -OCH3 is 1. The van der Waals surface area contributed by atoms with Gasteiger partial charge in [-0.15, -0.1) is 0 Å². The van der Waals surface area contributed by atoms with Gasteiger partial charge in [0.1, 0.15) is 6.23 Å². The summed E-state index contributed by atoms with van der Waals surface area (Å²) in [5, 5.41) is 3.16. The molecule has 1 aromatic carbocycles. The first-order chi connectivity index (χ1) is 9.50. The van der Waals surface area contributed by atoms with Gasteiger partial charge in [0.05, 0.1) is 11.7 Å². The van der Waals surface area contributed by atoms with E-state index in [1.807, 2.05) is 0 Å². The van der Waals surface area contributed by atoms with Crippen molar-refractivity contribution in [3.63, 3.8) is 0 Å². The van der Waals surface area contributed by atoms with Crippen LogP contribution in [-0.4, -0.2) is 26.0 Å². The fraction of sp³-hybridized carbons (Fsp3) is 0.571. The molecule has 2 unspecified atom stereocenters. The third kappa shape index (κ3) is 4.47. The molecule has 0 spiro atoms. The van der Waals surface area contributed by atoms with Crippen molar-refractivity contribution in [1.82, 2.24) is 5.32 Å². The molecular weight excluding hydrogens is 271 g/mol. The molecule has 2 atom stereocenters. The standard InChI is InChI=1S/C14H18F3NO2/c1-19-8-2-3-12-13(20-12)18-9-10-4-6-11(7-5-10)14(15,16)17/h4-7,12-13,18H,2-3,8-9H2,1H3. The molecule has 3 nitrogen and oxygen atoms in total. The number of alkyl halides is 3. The van der Waals surface area contributed by atoms with Crippen molar-refractivity contribution >= 4 is 0 Å². The van der Waals surface area contributed by atoms with Gasteiger partial charge in [0, 0.05) is 20.3 Å². The van der Waals surface area contributed by atoms with Crippen LogP contribution >= 0.6 is 0 Å². The Hall–Kier alpha value is -1.11. The van der Waals surface area contributed by atoms with Gasteiger partial charge >= 0.3 is 6.18 Å². The van der Waals surface area contributed by atoms with E-state index >= 15 is 0 Å². The summed E-state index contributed by atoms with van der Waals surface area (Å²) in [7, 11) is 1.66. The zero-order valence-electron chi connectivity index (χ0n) is 11.2. The van der Waals surface area contributed by atoms with E-state index in [2.05, 4.69) is 5.32 Å². The molecule has 1 N–H and O–H groups in total. The lowest BCUT2D eigenvalue weighted by molar-refractivity contribution is -0.137. The first kappa shape index (κ1) is 15.3. The summed E-state index contributed by atoms with van der Waals surface area (Å²) in [6.07, 6.45) is -2.20. The van der Waals surface area contributed by atoms with Crippen molar-refractivity contribution in [1.29, 1.82) is 0 Å². The summed E-state index contributed by atoms with van der Waals surface area (Å²) in [6, 6.07) is 5.16. The van der Waals surface area contributed by atoms with E-state index in [1.54, 1.807) is 7.11 Å². The summed E-state index contributed by atoms with van der Waals surface area (Å²) in [6.45, 7) is 1.22. The number of rotatable bonds is 7. The molecule has 0 radical (unpaired) electrons. The Bertz CT molecular complexity index is 419.